The largest absolute Gasteiger partial charge is 0.461 e. The van der Waals surface area contributed by atoms with Crippen LogP contribution in [0.15, 0.2) is 42.5 Å². The maximum atomic E-state index is 12.7. The molecule has 3 N–H and O–H groups in total. The molecule has 0 saturated heterocycles. The number of amides is 2. The Balaban J connectivity index is 2.04. The van der Waals surface area contributed by atoms with Crippen LogP contribution in [0.25, 0.3) is 0 Å². The van der Waals surface area contributed by atoms with Gasteiger partial charge in [0.05, 0.1) is 25.0 Å². The highest BCUT2D eigenvalue weighted by atomic mass is 16.5. The molecule has 0 spiro atoms. The molecule has 170 valence electrons. The van der Waals surface area contributed by atoms with Gasteiger partial charge in [-0.3, -0.25) is 14.4 Å². The number of nitrogens with one attached hydrogen (secondary N) is 2. The molecule has 1 heterocycles. The Bertz CT molecular complexity index is 750. The number of carbonyl (C=O) groups is 3. The highest BCUT2D eigenvalue weighted by molar-refractivity contribution is 5.86. The molecule has 4 atom stereocenters. The Morgan fingerprint density at radius 1 is 1.23 bits per heavy atom. The maximum Gasteiger partial charge on any atom is 0.309 e. The summed E-state index contributed by atoms with van der Waals surface area (Å²) in [6.45, 7) is 3.48. The summed E-state index contributed by atoms with van der Waals surface area (Å²) in [6.07, 6.45) is 5.80. The SMILES string of the molecule is C[C@H](CO)NC(=O)C[C@H]1CC=CCC[C@H](Cc2ccccc2)C(=O)O[C@@H](C)CNC1=O. The lowest BCUT2D eigenvalue weighted by Gasteiger charge is -2.21. The van der Waals surface area contributed by atoms with Gasteiger partial charge in [-0.05, 0) is 45.1 Å². The molecule has 0 fully saturated rings. The van der Waals surface area contributed by atoms with E-state index in [4.69, 9.17) is 9.84 Å². The third-order valence-corrected chi connectivity index (χ3v) is 5.29. The lowest BCUT2D eigenvalue weighted by molar-refractivity contribution is -0.153. The van der Waals surface area contributed by atoms with Gasteiger partial charge in [0, 0.05) is 12.5 Å². The molecule has 7 heteroatoms. The first kappa shape index (κ1) is 24.6. The van der Waals surface area contributed by atoms with Gasteiger partial charge >= 0.3 is 5.97 Å². The number of benzene rings is 1. The molecule has 0 radical (unpaired) electrons. The molecule has 0 unspecified atom stereocenters. The highest BCUT2D eigenvalue weighted by Gasteiger charge is 2.25. The fourth-order valence-electron chi connectivity index (χ4n) is 3.49. The minimum Gasteiger partial charge on any atom is -0.461 e. The molecular formula is C24H34N2O5. The Morgan fingerprint density at radius 2 is 1.97 bits per heavy atom. The molecule has 1 aliphatic heterocycles. The van der Waals surface area contributed by atoms with E-state index >= 15 is 0 Å². The lowest BCUT2D eigenvalue weighted by Crippen LogP contribution is -2.41. The van der Waals surface area contributed by atoms with Crippen LogP contribution in [0.2, 0.25) is 0 Å². The zero-order valence-electron chi connectivity index (χ0n) is 18.4. The number of rotatable bonds is 6. The quantitative estimate of drug-likeness (QED) is 0.474. The molecule has 1 aromatic rings. The molecule has 0 saturated carbocycles. The van der Waals surface area contributed by atoms with E-state index in [1.807, 2.05) is 42.5 Å². The first-order valence-corrected chi connectivity index (χ1v) is 11.0. The van der Waals surface area contributed by atoms with Crippen LogP contribution < -0.4 is 10.6 Å². The van der Waals surface area contributed by atoms with Crippen LogP contribution >= 0.6 is 0 Å². The van der Waals surface area contributed by atoms with Crippen molar-refractivity contribution in [3.63, 3.8) is 0 Å². The van der Waals surface area contributed by atoms with Crippen LogP contribution in [0.4, 0.5) is 0 Å². The van der Waals surface area contributed by atoms with E-state index < -0.39 is 12.0 Å². The predicted octanol–water partition coefficient (Wildman–Crippen LogP) is 2.14. The average molecular weight is 431 g/mol. The smallest absolute Gasteiger partial charge is 0.309 e. The van der Waals surface area contributed by atoms with E-state index in [0.29, 0.717) is 25.7 Å². The Kier molecular flexibility index (Phi) is 10.2. The Morgan fingerprint density at radius 3 is 2.68 bits per heavy atom. The lowest BCUT2D eigenvalue weighted by atomic mass is 9.94. The zero-order valence-corrected chi connectivity index (χ0v) is 18.4. The predicted molar refractivity (Wildman–Crippen MR) is 118 cm³/mol. The minimum absolute atomic E-state index is 0.0330. The van der Waals surface area contributed by atoms with Gasteiger partial charge in [-0.2, -0.15) is 0 Å². The third kappa shape index (κ3) is 8.92. The number of aliphatic hydroxyl groups is 1. The van der Waals surface area contributed by atoms with Gasteiger partial charge in [0.2, 0.25) is 11.8 Å². The van der Waals surface area contributed by atoms with Crippen molar-refractivity contribution < 1.29 is 24.2 Å². The van der Waals surface area contributed by atoms with Crippen molar-refractivity contribution in [1.82, 2.24) is 10.6 Å². The van der Waals surface area contributed by atoms with Crippen LogP contribution in [0, 0.1) is 11.8 Å². The van der Waals surface area contributed by atoms with Crippen molar-refractivity contribution in [3.05, 3.63) is 48.0 Å². The zero-order chi connectivity index (χ0) is 22.6. The third-order valence-electron chi connectivity index (χ3n) is 5.29. The number of cyclic esters (lactones) is 1. The maximum absolute atomic E-state index is 12.7. The number of hydrogen-bond acceptors (Lipinski definition) is 5. The number of ether oxygens (including phenoxy) is 1. The second-order valence-electron chi connectivity index (χ2n) is 8.22. The minimum atomic E-state index is -0.522. The molecule has 0 aliphatic carbocycles. The summed E-state index contributed by atoms with van der Waals surface area (Å²) >= 11 is 0. The Hall–Kier alpha value is -2.67. The van der Waals surface area contributed by atoms with Crippen molar-refractivity contribution in [3.8, 4) is 0 Å². The summed E-state index contributed by atoms with van der Waals surface area (Å²) in [7, 11) is 0. The first-order chi connectivity index (χ1) is 14.9. The van der Waals surface area contributed by atoms with Crippen molar-refractivity contribution >= 4 is 17.8 Å². The van der Waals surface area contributed by atoms with Gasteiger partial charge in [-0.1, -0.05) is 42.5 Å². The normalized spacial score (nSPS) is 24.0. The summed E-state index contributed by atoms with van der Waals surface area (Å²) < 4.78 is 5.60. The molecule has 2 rings (SSSR count). The second kappa shape index (κ2) is 12.9. The number of allylic oxidation sites excluding steroid dienone is 2. The molecule has 1 aliphatic rings. The summed E-state index contributed by atoms with van der Waals surface area (Å²) in [4.78, 5) is 37.5. The molecule has 7 nitrogen and oxygen atoms in total. The van der Waals surface area contributed by atoms with Crippen LogP contribution in [-0.2, 0) is 25.5 Å². The molecule has 31 heavy (non-hydrogen) atoms. The van der Waals surface area contributed by atoms with Crippen molar-refractivity contribution in [1.29, 1.82) is 0 Å². The standard InChI is InChI=1S/C24H34N2O5/c1-17(16-27)26-22(28)14-20-11-7-4-8-12-21(13-19-9-5-3-6-10-19)24(30)31-18(2)15-25-23(20)29/h3-7,9-10,17-18,20-21,27H,8,11-16H2,1-2H3,(H,25,29)(H,26,28)/t17-,18+,20-,21-/m1/s1. The molecular weight excluding hydrogens is 396 g/mol. The second-order valence-corrected chi connectivity index (χ2v) is 8.22. The van der Waals surface area contributed by atoms with Gasteiger partial charge in [0.1, 0.15) is 6.10 Å². The van der Waals surface area contributed by atoms with Crippen molar-refractivity contribution in [2.45, 2.75) is 58.1 Å². The van der Waals surface area contributed by atoms with Gasteiger partial charge in [0.25, 0.3) is 0 Å². The van der Waals surface area contributed by atoms with Crippen LogP contribution in [0.3, 0.4) is 0 Å². The van der Waals surface area contributed by atoms with Gasteiger partial charge in [-0.15, -0.1) is 0 Å². The van der Waals surface area contributed by atoms with Crippen LogP contribution in [0.5, 0.6) is 0 Å². The van der Waals surface area contributed by atoms with Gasteiger partial charge < -0.3 is 20.5 Å². The van der Waals surface area contributed by atoms with Crippen LogP contribution in [-0.4, -0.2) is 48.2 Å². The summed E-state index contributed by atoms with van der Waals surface area (Å²) in [5.74, 6) is -1.56. The summed E-state index contributed by atoms with van der Waals surface area (Å²) in [6, 6.07) is 9.50. The molecule has 0 aromatic heterocycles. The number of aliphatic hydroxyl groups excluding tert-OH is 1. The molecule has 1 aromatic carbocycles. The number of carbonyl (C=O) groups excluding carboxylic acids is 3. The van der Waals surface area contributed by atoms with E-state index in [1.165, 1.54) is 0 Å². The van der Waals surface area contributed by atoms with Crippen molar-refractivity contribution in [2.75, 3.05) is 13.2 Å². The van der Waals surface area contributed by atoms with Gasteiger partial charge in [-0.25, -0.2) is 0 Å². The van der Waals surface area contributed by atoms with E-state index in [0.717, 1.165) is 5.56 Å². The molecule has 2 amide bonds. The molecule has 0 bridgehead atoms. The topological polar surface area (TPSA) is 105 Å². The van der Waals surface area contributed by atoms with Crippen molar-refractivity contribution in [2.24, 2.45) is 11.8 Å². The number of esters is 1. The average Bonchev–Trinajstić information content (AvgIpc) is 2.76. The highest BCUT2D eigenvalue weighted by Crippen LogP contribution is 2.19. The Labute approximate surface area is 184 Å². The number of hydrogen-bond donors (Lipinski definition) is 3. The summed E-state index contributed by atoms with van der Waals surface area (Å²) in [5.41, 5.74) is 1.09. The van der Waals surface area contributed by atoms with E-state index in [2.05, 4.69) is 10.6 Å². The van der Waals surface area contributed by atoms with E-state index in [-0.39, 0.29) is 49.3 Å². The first-order valence-electron chi connectivity index (χ1n) is 11.0. The summed E-state index contributed by atoms with van der Waals surface area (Å²) in [5, 5.41) is 14.6. The van der Waals surface area contributed by atoms with Crippen LogP contribution in [0.1, 0.15) is 45.1 Å². The fourth-order valence-corrected chi connectivity index (χ4v) is 3.49. The van der Waals surface area contributed by atoms with Gasteiger partial charge in [0.15, 0.2) is 0 Å². The van der Waals surface area contributed by atoms with E-state index in [9.17, 15) is 14.4 Å². The van der Waals surface area contributed by atoms with E-state index in [1.54, 1.807) is 13.8 Å². The monoisotopic (exact) mass is 430 g/mol. The fraction of sp³-hybridized carbons (Fsp3) is 0.542.